The van der Waals surface area contributed by atoms with Crippen LogP contribution in [0.15, 0.2) is 57.9 Å². The molecule has 2 aromatic carbocycles. The van der Waals surface area contributed by atoms with Gasteiger partial charge in [-0.05, 0) is 42.7 Å². The van der Waals surface area contributed by atoms with Crippen LogP contribution in [0.5, 0.6) is 0 Å². The van der Waals surface area contributed by atoms with Crippen LogP contribution in [0.1, 0.15) is 29.7 Å². The van der Waals surface area contributed by atoms with Gasteiger partial charge in [-0.1, -0.05) is 53.2 Å². The highest BCUT2D eigenvalue weighted by molar-refractivity contribution is 9.10. The van der Waals surface area contributed by atoms with Crippen molar-refractivity contribution in [3.05, 3.63) is 64.1 Å². The molecule has 0 amide bonds. The molecule has 0 aromatic heterocycles. The van der Waals surface area contributed by atoms with Crippen LogP contribution in [-0.2, 0) is 0 Å². The fraction of sp³-hybridized carbons (Fsp3) is 0.294. The molecule has 0 saturated carbocycles. The highest BCUT2D eigenvalue weighted by Crippen LogP contribution is 2.39. The molecule has 2 aromatic rings. The Morgan fingerprint density at radius 1 is 1.15 bits per heavy atom. The first-order valence-electron chi connectivity index (χ1n) is 6.85. The van der Waals surface area contributed by atoms with Crippen molar-refractivity contribution in [1.82, 2.24) is 0 Å². The van der Waals surface area contributed by atoms with Crippen LogP contribution in [-0.4, -0.2) is 6.04 Å². The van der Waals surface area contributed by atoms with Crippen molar-refractivity contribution in [2.24, 2.45) is 5.73 Å². The van der Waals surface area contributed by atoms with Gasteiger partial charge in [0.1, 0.15) is 0 Å². The summed E-state index contributed by atoms with van der Waals surface area (Å²) in [6, 6.07) is 17.1. The van der Waals surface area contributed by atoms with Gasteiger partial charge in [0.25, 0.3) is 0 Å². The maximum atomic E-state index is 6.37. The lowest BCUT2D eigenvalue weighted by Gasteiger charge is -2.24. The molecule has 0 aliphatic rings. The van der Waals surface area contributed by atoms with E-state index >= 15 is 0 Å². The third kappa shape index (κ3) is 3.87. The van der Waals surface area contributed by atoms with Crippen LogP contribution in [0, 0.1) is 6.92 Å². The number of nitrogens with two attached hydrogens (primary N) is 1. The molecule has 0 radical (unpaired) electrons. The lowest BCUT2D eigenvalue weighted by molar-refractivity contribution is 0.632. The van der Waals surface area contributed by atoms with Gasteiger partial charge in [0.2, 0.25) is 0 Å². The largest absolute Gasteiger partial charge is 0.326 e. The highest BCUT2D eigenvalue weighted by Gasteiger charge is 2.21. The first-order valence-corrected chi connectivity index (χ1v) is 8.52. The predicted octanol–water partition coefficient (Wildman–Crippen LogP) is 5.33. The molecule has 106 valence electrons. The molecular formula is C17H20BrNS. The Hall–Kier alpha value is -0.770. The van der Waals surface area contributed by atoms with Gasteiger partial charge < -0.3 is 5.73 Å². The van der Waals surface area contributed by atoms with Crippen LogP contribution in [0.2, 0.25) is 0 Å². The number of benzene rings is 2. The molecule has 0 fully saturated rings. The molecule has 0 saturated heterocycles. The van der Waals surface area contributed by atoms with E-state index in [1.165, 1.54) is 16.0 Å². The van der Waals surface area contributed by atoms with E-state index in [1.807, 2.05) is 17.8 Å². The molecule has 2 atom stereocenters. The Balaban J connectivity index is 2.32. The van der Waals surface area contributed by atoms with Crippen LogP contribution >= 0.6 is 27.7 Å². The zero-order valence-corrected chi connectivity index (χ0v) is 14.2. The molecule has 3 heteroatoms. The smallest absolute Gasteiger partial charge is 0.0498 e. The van der Waals surface area contributed by atoms with Gasteiger partial charge in [0.05, 0.1) is 0 Å². The summed E-state index contributed by atoms with van der Waals surface area (Å²) >= 11 is 5.38. The maximum Gasteiger partial charge on any atom is 0.0498 e. The third-order valence-electron chi connectivity index (χ3n) is 3.41. The van der Waals surface area contributed by atoms with E-state index in [2.05, 4.69) is 72.2 Å². The molecule has 20 heavy (non-hydrogen) atoms. The van der Waals surface area contributed by atoms with Crippen LogP contribution < -0.4 is 5.73 Å². The number of thioether (sulfide) groups is 1. The molecule has 0 bridgehead atoms. The second-order valence-electron chi connectivity index (χ2n) is 4.92. The van der Waals surface area contributed by atoms with Gasteiger partial charge in [-0.2, -0.15) is 0 Å². The van der Waals surface area contributed by atoms with Gasteiger partial charge in [0.15, 0.2) is 0 Å². The van der Waals surface area contributed by atoms with E-state index < -0.39 is 0 Å². The van der Waals surface area contributed by atoms with E-state index in [1.54, 1.807) is 0 Å². The molecular weight excluding hydrogens is 330 g/mol. The fourth-order valence-electron chi connectivity index (χ4n) is 2.19. The lowest BCUT2D eigenvalue weighted by Crippen LogP contribution is -2.26. The summed E-state index contributed by atoms with van der Waals surface area (Å²) in [7, 11) is 0. The zero-order valence-electron chi connectivity index (χ0n) is 11.8. The van der Waals surface area contributed by atoms with Crippen molar-refractivity contribution >= 4 is 27.7 Å². The summed E-state index contributed by atoms with van der Waals surface area (Å²) in [6.45, 7) is 4.31. The van der Waals surface area contributed by atoms with Gasteiger partial charge >= 0.3 is 0 Å². The summed E-state index contributed by atoms with van der Waals surface area (Å²) in [4.78, 5) is 1.25. The highest BCUT2D eigenvalue weighted by atomic mass is 79.9. The van der Waals surface area contributed by atoms with Crippen LogP contribution in [0.4, 0.5) is 0 Å². The van der Waals surface area contributed by atoms with E-state index in [4.69, 9.17) is 5.73 Å². The van der Waals surface area contributed by atoms with E-state index in [9.17, 15) is 0 Å². The molecule has 1 nitrogen and oxygen atoms in total. The van der Waals surface area contributed by atoms with Crippen LogP contribution in [0.25, 0.3) is 0 Å². The third-order valence-corrected chi connectivity index (χ3v) is 5.29. The van der Waals surface area contributed by atoms with Crippen molar-refractivity contribution in [3.8, 4) is 0 Å². The average Bonchev–Trinajstić information content (AvgIpc) is 2.45. The Morgan fingerprint density at radius 3 is 2.55 bits per heavy atom. The second kappa shape index (κ2) is 7.30. The summed E-state index contributed by atoms with van der Waals surface area (Å²) in [5, 5.41) is 0.288. The average molecular weight is 350 g/mol. The minimum absolute atomic E-state index is 0.153. The summed E-state index contributed by atoms with van der Waals surface area (Å²) in [5.41, 5.74) is 9.02. The first kappa shape index (κ1) is 15.6. The Bertz CT molecular complexity index is 570. The van der Waals surface area contributed by atoms with Gasteiger partial charge in [-0.25, -0.2) is 0 Å². The van der Waals surface area contributed by atoms with Crippen molar-refractivity contribution in [2.75, 3.05) is 0 Å². The Labute approximate surface area is 134 Å². The summed E-state index contributed by atoms with van der Waals surface area (Å²) < 4.78 is 1.11. The second-order valence-corrected chi connectivity index (χ2v) is 7.06. The van der Waals surface area contributed by atoms with E-state index in [-0.39, 0.29) is 11.3 Å². The Kier molecular flexibility index (Phi) is 5.70. The summed E-state index contributed by atoms with van der Waals surface area (Å²) in [5.74, 6) is 0. The molecule has 0 aliphatic carbocycles. The van der Waals surface area contributed by atoms with Crippen molar-refractivity contribution in [2.45, 2.75) is 36.5 Å². The number of hydrogen-bond acceptors (Lipinski definition) is 2. The number of aryl methyl sites for hydroxylation is 1. The topological polar surface area (TPSA) is 26.0 Å². The maximum absolute atomic E-state index is 6.37. The molecule has 0 heterocycles. The van der Waals surface area contributed by atoms with E-state index in [0.717, 1.165) is 10.9 Å². The molecule has 2 unspecified atom stereocenters. The minimum atomic E-state index is 0.153. The van der Waals surface area contributed by atoms with Gasteiger partial charge in [0, 0.05) is 20.7 Å². The van der Waals surface area contributed by atoms with Gasteiger partial charge in [-0.15, -0.1) is 11.8 Å². The van der Waals surface area contributed by atoms with Gasteiger partial charge in [-0.3, -0.25) is 0 Å². The van der Waals surface area contributed by atoms with Crippen molar-refractivity contribution in [3.63, 3.8) is 0 Å². The monoisotopic (exact) mass is 349 g/mol. The first-order chi connectivity index (χ1) is 9.61. The van der Waals surface area contributed by atoms with E-state index in [0.29, 0.717) is 0 Å². The molecule has 2 rings (SSSR count). The zero-order chi connectivity index (χ0) is 14.5. The van der Waals surface area contributed by atoms with Crippen LogP contribution in [0.3, 0.4) is 0 Å². The minimum Gasteiger partial charge on any atom is -0.326 e. The van der Waals surface area contributed by atoms with Crippen molar-refractivity contribution in [1.29, 1.82) is 0 Å². The quantitative estimate of drug-likeness (QED) is 0.738. The standard InChI is InChI=1S/C17H20BrNS/c1-3-16(19)17(15-10-5-4-7-12(15)2)20-14-9-6-8-13(18)11-14/h4-11,16-17H,3,19H2,1-2H3. The lowest BCUT2D eigenvalue weighted by atomic mass is 10.00. The predicted molar refractivity (Wildman–Crippen MR) is 92.2 cm³/mol. The van der Waals surface area contributed by atoms with Crippen molar-refractivity contribution < 1.29 is 0 Å². The number of rotatable bonds is 5. The molecule has 0 spiro atoms. The number of hydrogen-bond donors (Lipinski definition) is 1. The number of halogens is 1. The Morgan fingerprint density at radius 2 is 1.90 bits per heavy atom. The molecule has 0 aliphatic heterocycles. The normalized spacial score (nSPS) is 14.0. The fourth-order valence-corrected chi connectivity index (χ4v) is 4.14. The molecule has 2 N–H and O–H groups in total. The summed E-state index contributed by atoms with van der Waals surface area (Å²) in [6.07, 6.45) is 0.972. The SMILES string of the molecule is CCC(N)C(Sc1cccc(Br)c1)c1ccccc1C.